The molecule has 6 heteroatoms. The number of aliphatic imine (C=N–C) groups is 1. The Bertz CT molecular complexity index is 603. The molecule has 0 amide bonds. The molecule has 0 aliphatic carbocycles. The molecule has 1 unspecified atom stereocenters. The summed E-state index contributed by atoms with van der Waals surface area (Å²) < 4.78 is 2.04. The Kier molecular flexibility index (Phi) is 6.05. The molecule has 0 saturated carbocycles. The van der Waals surface area contributed by atoms with E-state index < -0.39 is 0 Å². The lowest BCUT2D eigenvalue weighted by Crippen LogP contribution is -2.43. The van der Waals surface area contributed by atoms with E-state index in [1.807, 2.05) is 28.8 Å². The SMILES string of the molecule is CC1CCCN(C(N)=NCCc2cn3ccccc3n2)C1.I. The van der Waals surface area contributed by atoms with E-state index in [2.05, 4.69) is 28.0 Å². The number of pyridine rings is 1. The van der Waals surface area contributed by atoms with Gasteiger partial charge in [-0.3, -0.25) is 4.99 Å². The first kappa shape index (κ1) is 17.1. The van der Waals surface area contributed by atoms with Gasteiger partial charge in [-0.2, -0.15) is 0 Å². The highest BCUT2D eigenvalue weighted by Crippen LogP contribution is 2.14. The first-order chi connectivity index (χ1) is 10.2. The van der Waals surface area contributed by atoms with Gasteiger partial charge in [-0.15, -0.1) is 24.0 Å². The Balaban J connectivity index is 0.00000176. The number of guanidine groups is 1. The molecular formula is C16H24IN5. The minimum Gasteiger partial charge on any atom is -0.370 e. The number of nitrogens with zero attached hydrogens (tertiary/aromatic N) is 4. The second-order valence-corrected chi connectivity index (χ2v) is 5.88. The fourth-order valence-corrected chi connectivity index (χ4v) is 2.89. The van der Waals surface area contributed by atoms with E-state index in [1.165, 1.54) is 12.8 Å². The summed E-state index contributed by atoms with van der Waals surface area (Å²) in [6, 6.07) is 6.02. The predicted octanol–water partition coefficient (Wildman–Crippen LogP) is 2.54. The molecule has 5 nitrogen and oxygen atoms in total. The quantitative estimate of drug-likeness (QED) is 0.478. The van der Waals surface area contributed by atoms with Gasteiger partial charge >= 0.3 is 0 Å². The van der Waals surface area contributed by atoms with Crippen molar-refractivity contribution in [2.24, 2.45) is 16.6 Å². The van der Waals surface area contributed by atoms with Crippen LogP contribution in [-0.2, 0) is 6.42 Å². The Morgan fingerprint density at radius 1 is 1.45 bits per heavy atom. The minimum absolute atomic E-state index is 0. The second-order valence-electron chi connectivity index (χ2n) is 5.88. The van der Waals surface area contributed by atoms with Crippen molar-refractivity contribution in [3.05, 3.63) is 36.3 Å². The average molecular weight is 413 g/mol. The van der Waals surface area contributed by atoms with E-state index in [-0.39, 0.29) is 24.0 Å². The summed E-state index contributed by atoms with van der Waals surface area (Å²) in [5, 5.41) is 0. The molecule has 1 atom stereocenters. The molecule has 2 aromatic heterocycles. The Labute approximate surface area is 148 Å². The third-order valence-electron chi connectivity index (χ3n) is 4.04. The van der Waals surface area contributed by atoms with Crippen molar-refractivity contribution in [1.82, 2.24) is 14.3 Å². The number of piperidine rings is 1. The molecule has 1 aliphatic heterocycles. The lowest BCUT2D eigenvalue weighted by atomic mass is 10.0. The van der Waals surface area contributed by atoms with E-state index >= 15 is 0 Å². The zero-order valence-corrected chi connectivity index (χ0v) is 15.3. The van der Waals surface area contributed by atoms with Crippen LogP contribution in [0.1, 0.15) is 25.5 Å². The van der Waals surface area contributed by atoms with E-state index in [0.29, 0.717) is 18.4 Å². The third-order valence-corrected chi connectivity index (χ3v) is 4.04. The first-order valence-corrected chi connectivity index (χ1v) is 7.70. The van der Waals surface area contributed by atoms with Crippen molar-refractivity contribution in [3.8, 4) is 0 Å². The normalized spacial score (nSPS) is 19.2. The highest BCUT2D eigenvalue weighted by atomic mass is 127. The van der Waals surface area contributed by atoms with Crippen molar-refractivity contribution < 1.29 is 0 Å². The van der Waals surface area contributed by atoms with Crippen molar-refractivity contribution in [1.29, 1.82) is 0 Å². The molecule has 1 fully saturated rings. The van der Waals surface area contributed by atoms with Gasteiger partial charge in [-0.1, -0.05) is 13.0 Å². The van der Waals surface area contributed by atoms with Crippen LogP contribution in [-0.4, -0.2) is 39.9 Å². The van der Waals surface area contributed by atoms with Crippen molar-refractivity contribution in [2.75, 3.05) is 19.6 Å². The summed E-state index contributed by atoms with van der Waals surface area (Å²) in [5.41, 5.74) is 8.14. The molecule has 3 heterocycles. The summed E-state index contributed by atoms with van der Waals surface area (Å²) in [6.07, 6.45) is 7.41. The van der Waals surface area contributed by atoms with Crippen LogP contribution in [0.25, 0.3) is 5.65 Å². The van der Waals surface area contributed by atoms with Gasteiger partial charge in [0.2, 0.25) is 0 Å². The number of aromatic nitrogens is 2. The maximum absolute atomic E-state index is 6.10. The number of rotatable bonds is 3. The molecule has 1 aliphatic rings. The molecule has 3 rings (SSSR count). The van der Waals surface area contributed by atoms with Crippen molar-refractivity contribution >= 4 is 35.6 Å². The summed E-state index contributed by atoms with van der Waals surface area (Å²) in [4.78, 5) is 11.3. The van der Waals surface area contributed by atoms with Crippen molar-refractivity contribution in [2.45, 2.75) is 26.2 Å². The molecule has 1 saturated heterocycles. The standard InChI is InChI=1S/C16H23N5.HI/c1-13-5-4-10-21(11-13)16(17)18-8-7-14-12-20-9-3-2-6-15(20)19-14;/h2-3,6,9,12-13H,4-5,7-8,10-11H2,1H3,(H2,17,18);1H. The molecule has 2 aromatic rings. The summed E-state index contributed by atoms with van der Waals surface area (Å²) in [7, 11) is 0. The molecule has 0 radical (unpaired) electrons. The van der Waals surface area contributed by atoms with Gasteiger partial charge in [0.15, 0.2) is 5.96 Å². The maximum Gasteiger partial charge on any atom is 0.191 e. The zero-order valence-electron chi connectivity index (χ0n) is 13.0. The number of halogens is 1. The molecule has 0 bridgehead atoms. The van der Waals surface area contributed by atoms with Crippen LogP contribution >= 0.6 is 24.0 Å². The fourth-order valence-electron chi connectivity index (χ4n) is 2.89. The number of imidazole rings is 1. The largest absolute Gasteiger partial charge is 0.370 e. The van der Waals surface area contributed by atoms with Gasteiger partial charge in [-0.05, 0) is 30.9 Å². The monoisotopic (exact) mass is 413 g/mol. The summed E-state index contributed by atoms with van der Waals surface area (Å²) >= 11 is 0. The van der Waals surface area contributed by atoms with Crippen LogP contribution in [0.2, 0.25) is 0 Å². The van der Waals surface area contributed by atoms with Gasteiger partial charge in [0, 0.05) is 38.4 Å². The molecule has 0 aromatic carbocycles. The van der Waals surface area contributed by atoms with Crippen LogP contribution in [0, 0.1) is 5.92 Å². The maximum atomic E-state index is 6.10. The highest BCUT2D eigenvalue weighted by molar-refractivity contribution is 14.0. The Morgan fingerprint density at radius 3 is 3.09 bits per heavy atom. The zero-order chi connectivity index (χ0) is 14.7. The fraction of sp³-hybridized carbons (Fsp3) is 0.500. The first-order valence-electron chi connectivity index (χ1n) is 7.70. The van der Waals surface area contributed by atoms with Crippen LogP contribution in [0.3, 0.4) is 0 Å². The highest BCUT2D eigenvalue weighted by Gasteiger charge is 2.17. The average Bonchev–Trinajstić information content (AvgIpc) is 2.89. The number of hydrogen-bond donors (Lipinski definition) is 1. The van der Waals surface area contributed by atoms with Crippen molar-refractivity contribution in [3.63, 3.8) is 0 Å². The van der Waals surface area contributed by atoms with Gasteiger partial charge < -0.3 is 15.0 Å². The van der Waals surface area contributed by atoms with E-state index in [0.717, 1.165) is 30.9 Å². The lowest BCUT2D eigenvalue weighted by Gasteiger charge is -2.31. The summed E-state index contributed by atoms with van der Waals surface area (Å²) in [5.74, 6) is 1.40. The molecular weight excluding hydrogens is 389 g/mol. The molecule has 2 N–H and O–H groups in total. The van der Waals surface area contributed by atoms with Crippen LogP contribution in [0.15, 0.2) is 35.6 Å². The molecule has 120 valence electrons. The van der Waals surface area contributed by atoms with Gasteiger partial charge in [0.1, 0.15) is 5.65 Å². The third kappa shape index (κ3) is 4.12. The number of fused-ring (bicyclic) bond motifs is 1. The van der Waals surface area contributed by atoms with Crippen LogP contribution < -0.4 is 5.73 Å². The van der Waals surface area contributed by atoms with E-state index in [4.69, 9.17) is 5.73 Å². The minimum atomic E-state index is 0. The topological polar surface area (TPSA) is 58.9 Å². The smallest absolute Gasteiger partial charge is 0.191 e. The number of likely N-dealkylation sites (tertiary alicyclic amines) is 1. The van der Waals surface area contributed by atoms with E-state index in [9.17, 15) is 0 Å². The van der Waals surface area contributed by atoms with Gasteiger partial charge in [0.05, 0.1) is 5.69 Å². The number of hydrogen-bond acceptors (Lipinski definition) is 2. The van der Waals surface area contributed by atoms with E-state index in [1.54, 1.807) is 0 Å². The number of nitrogens with two attached hydrogens (primary N) is 1. The van der Waals surface area contributed by atoms with Crippen LogP contribution in [0.4, 0.5) is 0 Å². The Morgan fingerprint density at radius 2 is 2.32 bits per heavy atom. The van der Waals surface area contributed by atoms with Gasteiger partial charge in [-0.25, -0.2) is 4.98 Å². The van der Waals surface area contributed by atoms with Crippen LogP contribution in [0.5, 0.6) is 0 Å². The second kappa shape index (κ2) is 7.80. The Hall–Kier alpha value is -1.31. The van der Waals surface area contributed by atoms with Gasteiger partial charge in [0.25, 0.3) is 0 Å². The summed E-state index contributed by atoms with van der Waals surface area (Å²) in [6.45, 7) is 5.04. The molecule has 22 heavy (non-hydrogen) atoms. The molecule has 0 spiro atoms. The predicted molar refractivity (Wildman–Crippen MR) is 101 cm³/mol. The lowest BCUT2D eigenvalue weighted by molar-refractivity contribution is 0.270.